The van der Waals surface area contributed by atoms with Crippen LogP contribution in [0.1, 0.15) is 36.8 Å². The quantitative estimate of drug-likeness (QED) is 0.753. The van der Waals surface area contributed by atoms with Crippen molar-refractivity contribution < 1.29 is 23.8 Å². The molecular formula is C21H24NO6-. The van der Waals surface area contributed by atoms with Gasteiger partial charge in [0.1, 0.15) is 11.3 Å². The van der Waals surface area contributed by atoms with Gasteiger partial charge in [-0.25, -0.2) is 4.79 Å². The van der Waals surface area contributed by atoms with Crippen LogP contribution in [0.15, 0.2) is 27.4 Å². The molecule has 1 aliphatic carbocycles. The van der Waals surface area contributed by atoms with Crippen LogP contribution >= 0.6 is 0 Å². The van der Waals surface area contributed by atoms with Gasteiger partial charge in [0.05, 0.1) is 0 Å². The predicted octanol–water partition coefficient (Wildman–Crippen LogP) is 1.46. The van der Waals surface area contributed by atoms with Crippen LogP contribution in [-0.2, 0) is 9.59 Å². The highest BCUT2D eigenvalue weighted by Crippen LogP contribution is 2.28. The lowest BCUT2D eigenvalue weighted by molar-refractivity contribution is -0.312. The van der Waals surface area contributed by atoms with Gasteiger partial charge >= 0.3 is 5.63 Å². The Bertz CT molecular complexity index is 940. The lowest BCUT2D eigenvalue weighted by atomic mass is 9.82. The highest BCUT2D eigenvalue weighted by atomic mass is 16.5. The third-order valence-corrected chi connectivity index (χ3v) is 5.57. The van der Waals surface area contributed by atoms with Crippen molar-refractivity contribution in [3.05, 3.63) is 39.7 Å². The molecule has 0 saturated heterocycles. The van der Waals surface area contributed by atoms with E-state index >= 15 is 0 Å². The zero-order valence-corrected chi connectivity index (χ0v) is 16.1. The Hall–Kier alpha value is -2.83. The van der Waals surface area contributed by atoms with Crippen molar-refractivity contribution in [3.8, 4) is 5.75 Å². The van der Waals surface area contributed by atoms with Gasteiger partial charge in [0.2, 0.25) is 0 Å². The van der Waals surface area contributed by atoms with E-state index in [0.29, 0.717) is 36.3 Å². The van der Waals surface area contributed by atoms with Gasteiger partial charge < -0.3 is 24.4 Å². The summed E-state index contributed by atoms with van der Waals surface area (Å²) in [6.45, 7) is 3.95. The molecule has 0 radical (unpaired) electrons. The molecule has 0 aliphatic heterocycles. The Labute approximate surface area is 162 Å². The summed E-state index contributed by atoms with van der Waals surface area (Å²) in [7, 11) is 0. The molecule has 0 spiro atoms. The van der Waals surface area contributed by atoms with E-state index in [1.807, 2.05) is 13.0 Å². The standard InChI is InChI=1S/C21H25NO6/c1-12-13(2)21(26)28-18-9-16(7-8-17(12)18)27-11-19(23)22-10-14-3-5-15(6-4-14)20(24)25/h7-9,14-15H,3-6,10-11H2,1-2H3,(H,22,23)(H,24,25)/p-1. The number of carbonyl (C=O) groups is 2. The number of hydrogen-bond donors (Lipinski definition) is 1. The Morgan fingerprint density at radius 2 is 1.89 bits per heavy atom. The van der Waals surface area contributed by atoms with Gasteiger partial charge in [0.15, 0.2) is 6.61 Å². The van der Waals surface area contributed by atoms with E-state index in [9.17, 15) is 19.5 Å². The van der Waals surface area contributed by atoms with Crippen molar-refractivity contribution in [3.63, 3.8) is 0 Å². The topological polar surface area (TPSA) is 109 Å². The molecule has 3 rings (SSSR count). The van der Waals surface area contributed by atoms with Crippen LogP contribution in [0, 0.1) is 25.7 Å². The lowest BCUT2D eigenvalue weighted by Gasteiger charge is -2.29. The van der Waals surface area contributed by atoms with E-state index in [-0.39, 0.29) is 30.0 Å². The molecule has 1 aromatic heterocycles. The van der Waals surface area contributed by atoms with Crippen LogP contribution in [0.5, 0.6) is 5.75 Å². The molecule has 1 fully saturated rings. The SMILES string of the molecule is Cc1c(C)c2ccc(OCC(=O)NCC3CCC(C(=O)[O-])CC3)cc2oc1=O. The van der Waals surface area contributed by atoms with E-state index in [1.54, 1.807) is 19.1 Å². The number of rotatable bonds is 6. The fraction of sp³-hybridized carbons (Fsp3) is 0.476. The van der Waals surface area contributed by atoms with Gasteiger partial charge in [-0.1, -0.05) is 0 Å². The van der Waals surface area contributed by atoms with E-state index in [1.165, 1.54) is 0 Å². The zero-order valence-electron chi connectivity index (χ0n) is 16.1. The summed E-state index contributed by atoms with van der Waals surface area (Å²) in [4.78, 5) is 34.7. The number of fused-ring (bicyclic) bond motifs is 1. The van der Waals surface area contributed by atoms with Gasteiger partial charge in [-0.05, 0) is 69.1 Å². The van der Waals surface area contributed by atoms with Crippen LogP contribution in [0.3, 0.4) is 0 Å². The highest BCUT2D eigenvalue weighted by Gasteiger charge is 2.22. The Morgan fingerprint density at radius 3 is 2.57 bits per heavy atom. The molecule has 1 N–H and O–H groups in total. The number of amides is 1. The number of carboxylic acids is 1. The van der Waals surface area contributed by atoms with E-state index < -0.39 is 5.97 Å². The number of ether oxygens (including phenoxy) is 1. The van der Waals surface area contributed by atoms with Crippen molar-refractivity contribution in [1.29, 1.82) is 0 Å². The molecule has 1 amide bonds. The third-order valence-electron chi connectivity index (χ3n) is 5.57. The minimum absolute atomic E-state index is 0.144. The van der Waals surface area contributed by atoms with Crippen LogP contribution in [0.2, 0.25) is 0 Å². The number of benzene rings is 1. The maximum absolute atomic E-state index is 12.0. The molecule has 2 aromatic rings. The summed E-state index contributed by atoms with van der Waals surface area (Å²) in [5.74, 6) is -0.865. The van der Waals surface area contributed by atoms with Crippen molar-refractivity contribution in [2.75, 3.05) is 13.2 Å². The second-order valence-electron chi connectivity index (χ2n) is 7.43. The molecule has 1 aromatic carbocycles. The summed E-state index contributed by atoms with van der Waals surface area (Å²) in [6.07, 6.45) is 2.73. The molecule has 0 atom stereocenters. The first-order chi connectivity index (χ1) is 13.3. The minimum Gasteiger partial charge on any atom is -0.550 e. The Kier molecular flexibility index (Phi) is 6.02. The molecule has 7 heteroatoms. The monoisotopic (exact) mass is 386 g/mol. The number of carboxylic acid groups (broad SMARTS) is 1. The second kappa shape index (κ2) is 8.46. The molecular weight excluding hydrogens is 362 g/mol. The predicted molar refractivity (Wildman–Crippen MR) is 101 cm³/mol. The van der Waals surface area contributed by atoms with E-state index in [4.69, 9.17) is 9.15 Å². The molecule has 1 heterocycles. The molecule has 1 aliphatic rings. The normalized spacial score (nSPS) is 19.4. The van der Waals surface area contributed by atoms with Crippen molar-refractivity contribution in [2.24, 2.45) is 11.8 Å². The van der Waals surface area contributed by atoms with E-state index in [0.717, 1.165) is 23.8 Å². The lowest BCUT2D eigenvalue weighted by Crippen LogP contribution is -2.37. The molecule has 28 heavy (non-hydrogen) atoms. The first-order valence-electron chi connectivity index (χ1n) is 9.49. The largest absolute Gasteiger partial charge is 0.550 e. The highest BCUT2D eigenvalue weighted by molar-refractivity contribution is 5.82. The summed E-state index contributed by atoms with van der Waals surface area (Å²) in [6, 6.07) is 5.16. The number of aliphatic carboxylic acids is 1. The van der Waals surface area contributed by atoms with Gasteiger partial charge in [0.25, 0.3) is 5.91 Å². The first kappa shape index (κ1) is 19.9. The van der Waals surface area contributed by atoms with Crippen LogP contribution in [0.25, 0.3) is 11.0 Å². The Morgan fingerprint density at radius 1 is 1.18 bits per heavy atom. The maximum atomic E-state index is 12.0. The zero-order chi connectivity index (χ0) is 20.3. The summed E-state index contributed by atoms with van der Waals surface area (Å²) in [5, 5.41) is 14.5. The fourth-order valence-electron chi connectivity index (χ4n) is 3.58. The molecule has 1 saturated carbocycles. The smallest absolute Gasteiger partial charge is 0.339 e. The van der Waals surface area contributed by atoms with Crippen LogP contribution < -0.4 is 20.8 Å². The van der Waals surface area contributed by atoms with Gasteiger partial charge in [-0.2, -0.15) is 0 Å². The molecule has 0 unspecified atom stereocenters. The third kappa shape index (κ3) is 4.52. The fourth-order valence-corrected chi connectivity index (χ4v) is 3.58. The Balaban J connectivity index is 1.50. The van der Waals surface area contributed by atoms with Crippen LogP contribution in [0.4, 0.5) is 0 Å². The average molecular weight is 386 g/mol. The van der Waals surface area contributed by atoms with Gasteiger partial charge in [0, 0.05) is 29.5 Å². The van der Waals surface area contributed by atoms with E-state index in [2.05, 4.69) is 5.32 Å². The van der Waals surface area contributed by atoms with Gasteiger partial charge in [-0.3, -0.25) is 4.79 Å². The molecule has 7 nitrogen and oxygen atoms in total. The van der Waals surface area contributed by atoms with Gasteiger partial charge in [-0.15, -0.1) is 0 Å². The number of carbonyl (C=O) groups excluding carboxylic acids is 2. The average Bonchev–Trinajstić information content (AvgIpc) is 2.69. The van der Waals surface area contributed by atoms with Crippen LogP contribution in [-0.4, -0.2) is 25.0 Å². The number of aryl methyl sites for hydroxylation is 1. The van der Waals surface area contributed by atoms with Crippen molar-refractivity contribution in [2.45, 2.75) is 39.5 Å². The second-order valence-corrected chi connectivity index (χ2v) is 7.43. The number of nitrogens with one attached hydrogen (secondary N) is 1. The summed E-state index contributed by atoms with van der Waals surface area (Å²) in [5.41, 5.74) is 1.49. The minimum atomic E-state index is -0.979. The first-order valence-corrected chi connectivity index (χ1v) is 9.49. The maximum Gasteiger partial charge on any atom is 0.339 e. The molecule has 150 valence electrons. The summed E-state index contributed by atoms with van der Waals surface area (Å²) < 4.78 is 10.8. The molecule has 0 bridgehead atoms. The summed E-state index contributed by atoms with van der Waals surface area (Å²) >= 11 is 0. The van der Waals surface area contributed by atoms with Crippen molar-refractivity contribution >= 4 is 22.8 Å². The van der Waals surface area contributed by atoms with Crippen molar-refractivity contribution in [1.82, 2.24) is 5.32 Å². The number of hydrogen-bond acceptors (Lipinski definition) is 6.